The quantitative estimate of drug-likeness (QED) is 0.529. The lowest BCUT2D eigenvalue weighted by molar-refractivity contribution is -0.123. The van der Waals surface area contributed by atoms with Crippen molar-refractivity contribution >= 4 is 23.4 Å². The highest BCUT2D eigenvalue weighted by molar-refractivity contribution is 5.76. The first kappa shape index (κ1) is 22.1. The van der Waals surface area contributed by atoms with Gasteiger partial charge in [0, 0.05) is 42.2 Å². The molecule has 11 heteroatoms. The molecule has 0 bridgehead atoms. The molecule has 0 atom stereocenters. The van der Waals surface area contributed by atoms with Crippen LogP contribution in [0.5, 0.6) is 0 Å². The molecule has 2 aromatic heterocycles. The summed E-state index contributed by atoms with van der Waals surface area (Å²) in [5, 5.41) is 12.7. The molecular formula is C20H22F3N7O. The molecule has 2 heterocycles. The molecule has 0 aliphatic carbocycles. The molecule has 0 saturated carbocycles. The Kier molecular flexibility index (Phi) is 6.42. The summed E-state index contributed by atoms with van der Waals surface area (Å²) in [6, 6.07) is 2.75. The lowest BCUT2D eigenvalue weighted by Gasteiger charge is -2.20. The van der Waals surface area contributed by atoms with Crippen LogP contribution in [0.15, 0.2) is 36.8 Å². The molecule has 1 amide bonds. The van der Waals surface area contributed by atoms with Gasteiger partial charge in [0.1, 0.15) is 29.8 Å². The second-order valence-corrected chi connectivity index (χ2v) is 7.82. The standard InChI is InChI=1S/C20H22F3N7O/c1-20(2,3)29-18(31)11-30-10-13(8-26-30)27-19-24-5-4-17(28-19)25-9-14-15(22)6-12(21)7-16(14)23/h4-8,10H,9,11H2,1-3H3,(H,29,31)(H2,24,25,27,28). The van der Waals surface area contributed by atoms with Crippen molar-refractivity contribution < 1.29 is 18.0 Å². The number of nitrogens with zero attached hydrogens (tertiary/aromatic N) is 4. The van der Waals surface area contributed by atoms with Crippen molar-refractivity contribution in [1.82, 2.24) is 25.1 Å². The fraction of sp³-hybridized carbons (Fsp3) is 0.300. The van der Waals surface area contributed by atoms with Crippen LogP contribution in [0, 0.1) is 17.5 Å². The number of amides is 1. The largest absolute Gasteiger partial charge is 0.366 e. The molecule has 0 aliphatic rings. The van der Waals surface area contributed by atoms with Crippen LogP contribution in [0.2, 0.25) is 0 Å². The minimum Gasteiger partial charge on any atom is -0.366 e. The van der Waals surface area contributed by atoms with Crippen LogP contribution >= 0.6 is 0 Å². The average molecular weight is 433 g/mol. The van der Waals surface area contributed by atoms with Crippen molar-refractivity contribution in [2.45, 2.75) is 39.4 Å². The summed E-state index contributed by atoms with van der Waals surface area (Å²) < 4.78 is 42.0. The van der Waals surface area contributed by atoms with E-state index in [1.807, 2.05) is 20.8 Å². The molecule has 3 aromatic rings. The van der Waals surface area contributed by atoms with Crippen molar-refractivity contribution in [2.75, 3.05) is 10.6 Å². The number of anilines is 3. The van der Waals surface area contributed by atoms with Gasteiger partial charge in [-0.25, -0.2) is 18.2 Å². The van der Waals surface area contributed by atoms with Crippen LogP contribution in [0.25, 0.3) is 0 Å². The van der Waals surface area contributed by atoms with E-state index in [0.717, 1.165) is 0 Å². The van der Waals surface area contributed by atoms with Gasteiger partial charge >= 0.3 is 0 Å². The molecule has 31 heavy (non-hydrogen) atoms. The van der Waals surface area contributed by atoms with Gasteiger partial charge in [-0.3, -0.25) is 9.48 Å². The molecule has 3 rings (SSSR count). The Hall–Kier alpha value is -3.63. The Bertz CT molecular complexity index is 1060. The maximum Gasteiger partial charge on any atom is 0.242 e. The topological polar surface area (TPSA) is 96.8 Å². The Morgan fingerprint density at radius 1 is 1.16 bits per heavy atom. The molecule has 8 nitrogen and oxygen atoms in total. The number of halogens is 3. The molecule has 164 valence electrons. The number of benzene rings is 1. The van der Waals surface area contributed by atoms with Crippen molar-refractivity contribution in [2.24, 2.45) is 0 Å². The van der Waals surface area contributed by atoms with Gasteiger partial charge in [0.05, 0.1) is 11.9 Å². The van der Waals surface area contributed by atoms with E-state index in [-0.39, 0.29) is 36.0 Å². The van der Waals surface area contributed by atoms with Gasteiger partial charge in [-0.05, 0) is 26.8 Å². The fourth-order valence-corrected chi connectivity index (χ4v) is 2.69. The number of nitrogens with one attached hydrogen (secondary N) is 3. The highest BCUT2D eigenvalue weighted by Gasteiger charge is 2.15. The van der Waals surface area contributed by atoms with E-state index < -0.39 is 17.5 Å². The van der Waals surface area contributed by atoms with E-state index in [9.17, 15) is 18.0 Å². The van der Waals surface area contributed by atoms with Crippen LogP contribution in [-0.2, 0) is 17.9 Å². The SMILES string of the molecule is CC(C)(C)NC(=O)Cn1cc(Nc2nccc(NCc3c(F)cc(F)cc3F)n2)cn1. The van der Waals surface area contributed by atoms with Crippen molar-refractivity contribution in [3.8, 4) is 0 Å². The number of rotatable bonds is 7. The third kappa shape index (κ3) is 6.43. The Labute approximate surface area is 176 Å². The molecule has 1 aromatic carbocycles. The van der Waals surface area contributed by atoms with E-state index in [4.69, 9.17) is 0 Å². The van der Waals surface area contributed by atoms with Crippen LogP contribution in [0.3, 0.4) is 0 Å². The van der Waals surface area contributed by atoms with Crippen LogP contribution < -0.4 is 16.0 Å². The second-order valence-electron chi connectivity index (χ2n) is 7.82. The van der Waals surface area contributed by atoms with E-state index in [0.29, 0.717) is 23.6 Å². The summed E-state index contributed by atoms with van der Waals surface area (Å²) in [6.07, 6.45) is 4.59. The van der Waals surface area contributed by atoms with Crippen molar-refractivity contribution in [1.29, 1.82) is 0 Å². The van der Waals surface area contributed by atoms with Gasteiger partial charge < -0.3 is 16.0 Å². The zero-order chi connectivity index (χ0) is 22.6. The van der Waals surface area contributed by atoms with Crippen molar-refractivity contribution in [3.63, 3.8) is 0 Å². The number of hydrogen-bond acceptors (Lipinski definition) is 6. The maximum absolute atomic E-state index is 13.8. The van der Waals surface area contributed by atoms with Crippen LogP contribution in [0.1, 0.15) is 26.3 Å². The Morgan fingerprint density at radius 2 is 1.87 bits per heavy atom. The molecule has 0 aliphatic heterocycles. The number of carbonyl (C=O) groups is 1. The zero-order valence-corrected chi connectivity index (χ0v) is 17.2. The molecule has 0 fully saturated rings. The Balaban J connectivity index is 1.61. The van der Waals surface area contributed by atoms with Gasteiger partial charge in [0.2, 0.25) is 11.9 Å². The van der Waals surface area contributed by atoms with E-state index in [1.165, 1.54) is 23.1 Å². The van der Waals surface area contributed by atoms with Crippen molar-refractivity contribution in [3.05, 3.63) is 59.8 Å². The lowest BCUT2D eigenvalue weighted by Crippen LogP contribution is -2.42. The second kappa shape index (κ2) is 9.02. The molecule has 0 radical (unpaired) electrons. The third-order valence-electron chi connectivity index (χ3n) is 3.92. The molecule has 0 spiro atoms. The normalized spacial score (nSPS) is 11.3. The first-order chi connectivity index (χ1) is 14.6. The summed E-state index contributed by atoms with van der Waals surface area (Å²) in [7, 11) is 0. The van der Waals surface area contributed by atoms with Gasteiger partial charge in [-0.2, -0.15) is 10.1 Å². The predicted molar refractivity (Wildman–Crippen MR) is 109 cm³/mol. The van der Waals surface area contributed by atoms with Gasteiger partial charge in [-0.15, -0.1) is 0 Å². The van der Waals surface area contributed by atoms with E-state index in [2.05, 4.69) is 31.0 Å². The first-order valence-corrected chi connectivity index (χ1v) is 9.40. The summed E-state index contributed by atoms with van der Waals surface area (Å²) in [6.45, 7) is 5.49. The maximum atomic E-state index is 13.8. The highest BCUT2D eigenvalue weighted by Crippen LogP contribution is 2.17. The minimum absolute atomic E-state index is 0.0518. The van der Waals surface area contributed by atoms with E-state index in [1.54, 1.807) is 6.20 Å². The number of aromatic nitrogens is 4. The molecule has 0 saturated heterocycles. The first-order valence-electron chi connectivity index (χ1n) is 9.40. The van der Waals surface area contributed by atoms with Gasteiger partial charge in [-0.1, -0.05) is 0 Å². The summed E-state index contributed by atoms with van der Waals surface area (Å²) in [5.74, 6) is -2.62. The monoisotopic (exact) mass is 433 g/mol. The molecular weight excluding hydrogens is 411 g/mol. The molecule has 3 N–H and O–H groups in total. The van der Waals surface area contributed by atoms with Gasteiger partial charge in [0.15, 0.2) is 0 Å². The number of carbonyl (C=O) groups excluding carboxylic acids is 1. The minimum atomic E-state index is -0.986. The number of hydrogen-bond donors (Lipinski definition) is 3. The third-order valence-corrected chi connectivity index (χ3v) is 3.92. The highest BCUT2D eigenvalue weighted by atomic mass is 19.1. The van der Waals surface area contributed by atoms with Gasteiger partial charge in [0.25, 0.3) is 0 Å². The molecule has 0 unspecified atom stereocenters. The Morgan fingerprint density at radius 3 is 2.55 bits per heavy atom. The average Bonchev–Trinajstić information content (AvgIpc) is 3.06. The predicted octanol–water partition coefficient (Wildman–Crippen LogP) is 3.36. The smallest absolute Gasteiger partial charge is 0.242 e. The fourth-order valence-electron chi connectivity index (χ4n) is 2.69. The summed E-state index contributed by atoms with van der Waals surface area (Å²) in [4.78, 5) is 20.3. The zero-order valence-electron chi connectivity index (χ0n) is 17.2. The summed E-state index contributed by atoms with van der Waals surface area (Å²) >= 11 is 0. The van der Waals surface area contributed by atoms with E-state index >= 15 is 0 Å². The lowest BCUT2D eigenvalue weighted by atomic mass is 10.1. The van der Waals surface area contributed by atoms with Crippen LogP contribution in [-0.4, -0.2) is 31.2 Å². The summed E-state index contributed by atoms with van der Waals surface area (Å²) in [5.41, 5.74) is -0.0903. The van der Waals surface area contributed by atoms with Crippen LogP contribution in [0.4, 0.5) is 30.6 Å².